The normalized spacial score (nSPS) is 18.1. The average Bonchev–Trinajstić information content (AvgIpc) is 3.17. The molecule has 0 spiro atoms. The van der Waals surface area contributed by atoms with Crippen LogP contribution < -0.4 is 4.74 Å². The van der Waals surface area contributed by atoms with E-state index in [0.29, 0.717) is 47.0 Å². The number of carbonyl (C=O) groups excluding carboxylic acids is 1. The van der Waals surface area contributed by atoms with Crippen molar-refractivity contribution in [3.05, 3.63) is 34.6 Å². The maximum atomic E-state index is 14.1. The molecule has 180 valence electrons. The topological polar surface area (TPSA) is 89.0 Å². The van der Waals surface area contributed by atoms with Gasteiger partial charge in [0.15, 0.2) is 5.13 Å². The van der Waals surface area contributed by atoms with Gasteiger partial charge in [0.2, 0.25) is 0 Å². The molecule has 1 aliphatic rings. The molecular weight excluding hydrogens is 447 g/mol. The summed E-state index contributed by atoms with van der Waals surface area (Å²) in [5, 5.41) is 8.90. The zero-order chi connectivity index (χ0) is 24.0. The van der Waals surface area contributed by atoms with Gasteiger partial charge in [0, 0.05) is 19.2 Å². The maximum absolute atomic E-state index is 14.1. The first kappa shape index (κ1) is 25.0. The Morgan fingerprint density at radius 2 is 2.12 bits per heavy atom. The predicted octanol–water partition coefficient (Wildman–Crippen LogP) is 5.65. The summed E-state index contributed by atoms with van der Waals surface area (Å²) in [5.41, 5.74) is 1.78. The summed E-state index contributed by atoms with van der Waals surface area (Å²) >= 11 is 0.955. The fourth-order valence-electron chi connectivity index (χ4n) is 3.91. The lowest BCUT2D eigenvalue weighted by atomic mass is 9.87. The number of nitrogens with zero attached hydrogens (tertiary/aromatic N) is 2. The number of carboxylic acids is 1. The van der Waals surface area contributed by atoms with Gasteiger partial charge < -0.3 is 19.5 Å². The third-order valence-electron chi connectivity index (χ3n) is 5.83. The van der Waals surface area contributed by atoms with Gasteiger partial charge in [0.05, 0.1) is 28.3 Å². The SMILES string of the molecule is CCCCN(C)C(=O)OCc1cc(F)sc1-c1ccc(O[C@H]2CCC[C@H](C(=O)O)C2)c(C)n1. The molecule has 3 rings (SSSR count). The lowest BCUT2D eigenvalue weighted by Gasteiger charge is -2.27. The molecule has 0 aromatic carbocycles. The first-order valence-corrected chi connectivity index (χ1v) is 12.1. The number of halogens is 1. The van der Waals surface area contributed by atoms with Crippen molar-refractivity contribution in [3.8, 4) is 16.3 Å². The molecule has 9 heteroatoms. The number of hydrogen-bond donors (Lipinski definition) is 1. The van der Waals surface area contributed by atoms with Crippen LogP contribution in [0.15, 0.2) is 18.2 Å². The van der Waals surface area contributed by atoms with Crippen LogP contribution in [0, 0.1) is 18.0 Å². The van der Waals surface area contributed by atoms with Gasteiger partial charge in [-0.15, -0.1) is 11.3 Å². The average molecular weight is 479 g/mol. The maximum Gasteiger partial charge on any atom is 0.409 e. The molecule has 2 aromatic heterocycles. The third-order valence-corrected chi connectivity index (χ3v) is 6.82. The first-order valence-electron chi connectivity index (χ1n) is 11.3. The van der Waals surface area contributed by atoms with Gasteiger partial charge in [-0.1, -0.05) is 13.3 Å². The molecule has 0 radical (unpaired) electrons. The second-order valence-corrected chi connectivity index (χ2v) is 9.46. The zero-order valence-corrected chi connectivity index (χ0v) is 20.1. The fraction of sp³-hybridized carbons (Fsp3) is 0.542. The van der Waals surface area contributed by atoms with Crippen LogP contribution in [-0.4, -0.2) is 46.7 Å². The van der Waals surface area contributed by atoms with E-state index in [1.54, 1.807) is 19.2 Å². The van der Waals surface area contributed by atoms with E-state index in [0.717, 1.165) is 37.0 Å². The summed E-state index contributed by atoms with van der Waals surface area (Å²) in [6, 6.07) is 4.91. The van der Waals surface area contributed by atoms with Crippen molar-refractivity contribution in [3.63, 3.8) is 0 Å². The van der Waals surface area contributed by atoms with Gasteiger partial charge in [0.1, 0.15) is 12.4 Å². The monoisotopic (exact) mass is 478 g/mol. The summed E-state index contributed by atoms with van der Waals surface area (Å²) in [6.45, 7) is 4.43. The molecule has 2 atom stereocenters. The number of carbonyl (C=O) groups is 2. The summed E-state index contributed by atoms with van der Waals surface area (Å²) in [4.78, 5) is 30.2. The number of ether oxygens (including phenoxy) is 2. The van der Waals surface area contributed by atoms with Crippen molar-refractivity contribution in [2.75, 3.05) is 13.6 Å². The van der Waals surface area contributed by atoms with Crippen LogP contribution in [-0.2, 0) is 16.1 Å². The van der Waals surface area contributed by atoms with Crippen LogP contribution in [0.2, 0.25) is 0 Å². The summed E-state index contributed by atoms with van der Waals surface area (Å²) in [7, 11) is 1.68. The number of hydrogen-bond acceptors (Lipinski definition) is 6. The highest BCUT2D eigenvalue weighted by molar-refractivity contribution is 7.14. The Balaban J connectivity index is 1.68. The Kier molecular flexibility index (Phi) is 8.66. The molecule has 1 N–H and O–H groups in total. The Labute approximate surface area is 197 Å². The minimum absolute atomic E-state index is 0.0390. The van der Waals surface area contributed by atoms with Crippen LogP contribution in [0.1, 0.15) is 56.7 Å². The molecule has 1 aliphatic carbocycles. The van der Waals surface area contributed by atoms with Crippen LogP contribution in [0.4, 0.5) is 9.18 Å². The number of pyridine rings is 1. The minimum atomic E-state index is -0.780. The Bertz CT molecular complexity index is 980. The molecule has 33 heavy (non-hydrogen) atoms. The minimum Gasteiger partial charge on any atom is -0.489 e. The number of aliphatic carboxylic acids is 1. The Hall–Kier alpha value is -2.68. The molecule has 2 aromatic rings. The second-order valence-electron chi connectivity index (χ2n) is 8.46. The molecule has 7 nitrogen and oxygen atoms in total. The molecule has 1 amide bonds. The zero-order valence-electron chi connectivity index (χ0n) is 19.3. The van der Waals surface area contributed by atoms with Gasteiger partial charge in [-0.05, 0) is 57.2 Å². The van der Waals surface area contributed by atoms with Gasteiger partial charge in [-0.3, -0.25) is 4.79 Å². The highest BCUT2D eigenvalue weighted by Crippen LogP contribution is 2.34. The Morgan fingerprint density at radius 1 is 1.33 bits per heavy atom. The van der Waals surface area contributed by atoms with E-state index in [-0.39, 0.29) is 23.8 Å². The van der Waals surface area contributed by atoms with Crippen LogP contribution in [0.25, 0.3) is 10.6 Å². The number of carboxylic acid groups (broad SMARTS) is 1. The molecule has 0 saturated heterocycles. The Morgan fingerprint density at radius 3 is 2.82 bits per heavy atom. The van der Waals surface area contributed by atoms with Crippen molar-refractivity contribution in [2.24, 2.45) is 5.92 Å². The lowest BCUT2D eigenvalue weighted by Crippen LogP contribution is -2.29. The quantitative estimate of drug-likeness (QED) is 0.501. The van der Waals surface area contributed by atoms with Gasteiger partial charge in [0.25, 0.3) is 0 Å². The van der Waals surface area contributed by atoms with E-state index in [4.69, 9.17) is 9.47 Å². The van der Waals surface area contributed by atoms with Crippen LogP contribution in [0.5, 0.6) is 5.75 Å². The third kappa shape index (κ3) is 6.66. The lowest BCUT2D eigenvalue weighted by molar-refractivity contribution is -0.143. The van der Waals surface area contributed by atoms with Crippen LogP contribution >= 0.6 is 11.3 Å². The molecule has 0 bridgehead atoms. The van der Waals surface area contributed by atoms with Crippen molar-refractivity contribution in [1.82, 2.24) is 9.88 Å². The summed E-state index contributed by atoms with van der Waals surface area (Å²) in [5.74, 6) is -0.563. The van der Waals surface area contributed by atoms with Crippen LogP contribution in [0.3, 0.4) is 0 Å². The van der Waals surface area contributed by atoms with E-state index >= 15 is 0 Å². The number of unbranched alkanes of at least 4 members (excludes halogenated alkanes) is 1. The molecule has 0 aliphatic heterocycles. The molecule has 0 unspecified atom stereocenters. The predicted molar refractivity (Wildman–Crippen MR) is 124 cm³/mol. The number of thiophene rings is 1. The number of rotatable bonds is 9. The second kappa shape index (κ2) is 11.4. The van der Waals surface area contributed by atoms with E-state index in [9.17, 15) is 19.1 Å². The van der Waals surface area contributed by atoms with Crippen molar-refractivity contribution in [1.29, 1.82) is 0 Å². The molecule has 1 saturated carbocycles. The smallest absolute Gasteiger partial charge is 0.409 e. The first-order chi connectivity index (χ1) is 15.8. The van der Waals surface area contributed by atoms with Gasteiger partial charge in [-0.2, -0.15) is 4.39 Å². The largest absolute Gasteiger partial charge is 0.489 e. The highest BCUT2D eigenvalue weighted by atomic mass is 32.1. The van der Waals surface area contributed by atoms with Crippen molar-refractivity contribution in [2.45, 2.75) is 65.1 Å². The number of aryl methyl sites for hydroxylation is 1. The van der Waals surface area contributed by atoms with E-state index in [1.165, 1.54) is 11.0 Å². The van der Waals surface area contributed by atoms with Crippen molar-refractivity contribution >= 4 is 23.4 Å². The van der Waals surface area contributed by atoms with E-state index in [2.05, 4.69) is 4.98 Å². The summed E-state index contributed by atoms with van der Waals surface area (Å²) in [6.07, 6.45) is 4.04. The molecule has 1 fully saturated rings. The van der Waals surface area contributed by atoms with Gasteiger partial charge >= 0.3 is 12.1 Å². The summed E-state index contributed by atoms with van der Waals surface area (Å²) < 4.78 is 25.5. The van der Waals surface area contributed by atoms with E-state index in [1.807, 2.05) is 13.8 Å². The fourth-order valence-corrected chi connectivity index (χ4v) is 4.77. The van der Waals surface area contributed by atoms with Crippen molar-refractivity contribution < 1.29 is 28.6 Å². The molecule has 2 heterocycles. The number of aromatic nitrogens is 1. The van der Waals surface area contributed by atoms with E-state index < -0.39 is 12.1 Å². The number of amides is 1. The standard InChI is InChI=1S/C24H31FN2O5S/c1-4-5-11-27(3)24(30)31-14-17-13-21(25)33-22(17)19-9-10-20(15(2)26-19)32-18-8-6-7-16(12-18)23(28)29/h9-10,13,16,18H,4-8,11-12,14H2,1-3H3,(H,28,29)/t16-,18-/m0/s1. The highest BCUT2D eigenvalue weighted by Gasteiger charge is 2.28. The van der Waals surface area contributed by atoms with Gasteiger partial charge in [-0.25, -0.2) is 9.78 Å². The molecular formula is C24H31FN2O5S.